The van der Waals surface area contributed by atoms with Gasteiger partial charge < -0.3 is 5.32 Å². The van der Waals surface area contributed by atoms with Gasteiger partial charge in [0.1, 0.15) is 0 Å². The fourth-order valence-electron chi connectivity index (χ4n) is 1.58. The molecule has 0 aliphatic carbocycles. The van der Waals surface area contributed by atoms with Crippen molar-refractivity contribution in [1.82, 2.24) is 20.1 Å². The molecular formula is C12H15ClN4. The van der Waals surface area contributed by atoms with E-state index in [2.05, 4.69) is 15.4 Å². The van der Waals surface area contributed by atoms with Gasteiger partial charge in [0.2, 0.25) is 0 Å². The summed E-state index contributed by atoms with van der Waals surface area (Å²) in [7, 11) is 1.92. The molecule has 0 saturated heterocycles. The van der Waals surface area contributed by atoms with Crippen LogP contribution in [-0.4, -0.2) is 21.3 Å². The first-order valence-electron chi connectivity index (χ1n) is 5.53. The number of nitrogens with zero attached hydrogens (tertiary/aromatic N) is 3. The van der Waals surface area contributed by atoms with E-state index in [-0.39, 0.29) is 0 Å². The molecule has 0 fully saturated rings. The third kappa shape index (κ3) is 3.54. The van der Waals surface area contributed by atoms with Crippen LogP contribution in [0.3, 0.4) is 0 Å². The van der Waals surface area contributed by atoms with E-state index in [0.29, 0.717) is 5.02 Å². The SMILES string of the molecule is Cn1ccc(CCNCc2ccncc2Cl)n1. The van der Waals surface area contributed by atoms with Crippen molar-refractivity contribution >= 4 is 11.6 Å². The van der Waals surface area contributed by atoms with Gasteiger partial charge in [0, 0.05) is 45.1 Å². The molecule has 2 heterocycles. The van der Waals surface area contributed by atoms with Gasteiger partial charge in [0.05, 0.1) is 10.7 Å². The van der Waals surface area contributed by atoms with E-state index in [1.54, 1.807) is 12.4 Å². The van der Waals surface area contributed by atoms with Crippen LogP contribution in [0.5, 0.6) is 0 Å². The molecule has 4 nitrogen and oxygen atoms in total. The fourth-order valence-corrected chi connectivity index (χ4v) is 1.77. The molecule has 1 N–H and O–H groups in total. The number of pyridine rings is 1. The number of hydrogen-bond donors (Lipinski definition) is 1. The third-order valence-electron chi connectivity index (χ3n) is 2.50. The van der Waals surface area contributed by atoms with E-state index < -0.39 is 0 Å². The number of nitrogens with one attached hydrogen (secondary N) is 1. The second-order valence-electron chi connectivity index (χ2n) is 3.87. The third-order valence-corrected chi connectivity index (χ3v) is 2.84. The average Bonchev–Trinajstić information content (AvgIpc) is 2.73. The average molecular weight is 251 g/mol. The lowest BCUT2D eigenvalue weighted by Gasteiger charge is -2.05. The molecule has 0 atom stereocenters. The normalized spacial score (nSPS) is 10.7. The van der Waals surface area contributed by atoms with Gasteiger partial charge in [-0.2, -0.15) is 5.10 Å². The second kappa shape index (κ2) is 5.80. The van der Waals surface area contributed by atoms with Crippen LogP contribution in [0.2, 0.25) is 5.02 Å². The molecule has 0 unspecified atom stereocenters. The number of halogens is 1. The van der Waals surface area contributed by atoms with Crippen LogP contribution in [0.4, 0.5) is 0 Å². The summed E-state index contributed by atoms with van der Waals surface area (Å²) in [4.78, 5) is 3.95. The highest BCUT2D eigenvalue weighted by atomic mass is 35.5. The number of aromatic nitrogens is 3. The van der Waals surface area contributed by atoms with Crippen molar-refractivity contribution in [3.63, 3.8) is 0 Å². The Morgan fingerprint density at radius 2 is 2.29 bits per heavy atom. The van der Waals surface area contributed by atoms with Crippen molar-refractivity contribution < 1.29 is 0 Å². The lowest BCUT2D eigenvalue weighted by Crippen LogP contribution is -2.17. The molecule has 17 heavy (non-hydrogen) atoms. The van der Waals surface area contributed by atoms with Crippen molar-refractivity contribution in [1.29, 1.82) is 0 Å². The van der Waals surface area contributed by atoms with E-state index >= 15 is 0 Å². The van der Waals surface area contributed by atoms with Crippen LogP contribution in [0, 0.1) is 0 Å². The topological polar surface area (TPSA) is 42.7 Å². The Morgan fingerprint density at radius 1 is 1.41 bits per heavy atom. The van der Waals surface area contributed by atoms with Gasteiger partial charge in [0.15, 0.2) is 0 Å². The Kier molecular flexibility index (Phi) is 4.12. The van der Waals surface area contributed by atoms with E-state index in [1.807, 2.05) is 30.1 Å². The zero-order valence-corrected chi connectivity index (χ0v) is 10.5. The summed E-state index contributed by atoms with van der Waals surface area (Å²) in [5.74, 6) is 0. The highest BCUT2D eigenvalue weighted by Crippen LogP contribution is 2.12. The monoisotopic (exact) mass is 250 g/mol. The van der Waals surface area contributed by atoms with Crippen LogP contribution < -0.4 is 5.32 Å². The lowest BCUT2D eigenvalue weighted by molar-refractivity contribution is 0.665. The van der Waals surface area contributed by atoms with Crippen LogP contribution >= 0.6 is 11.6 Å². The molecule has 5 heteroatoms. The van der Waals surface area contributed by atoms with Crippen molar-refractivity contribution in [2.24, 2.45) is 7.05 Å². The predicted octanol–water partition coefficient (Wildman–Crippen LogP) is 1.80. The van der Waals surface area contributed by atoms with Crippen molar-refractivity contribution in [2.45, 2.75) is 13.0 Å². The predicted molar refractivity (Wildman–Crippen MR) is 67.9 cm³/mol. The first-order valence-corrected chi connectivity index (χ1v) is 5.91. The largest absolute Gasteiger partial charge is 0.312 e. The minimum absolute atomic E-state index is 0.706. The maximum absolute atomic E-state index is 6.01. The zero-order chi connectivity index (χ0) is 12.1. The Hall–Kier alpha value is -1.39. The van der Waals surface area contributed by atoms with Gasteiger partial charge in [-0.3, -0.25) is 9.67 Å². The molecule has 0 aliphatic heterocycles. The summed E-state index contributed by atoms with van der Waals surface area (Å²) in [5.41, 5.74) is 2.17. The molecule has 0 aromatic carbocycles. The molecule has 0 radical (unpaired) electrons. The molecule has 0 saturated carbocycles. The van der Waals surface area contributed by atoms with Crippen molar-refractivity contribution in [2.75, 3.05) is 6.54 Å². The molecule has 2 aromatic heterocycles. The van der Waals surface area contributed by atoms with Crippen molar-refractivity contribution in [3.8, 4) is 0 Å². The minimum Gasteiger partial charge on any atom is -0.312 e. The summed E-state index contributed by atoms with van der Waals surface area (Å²) in [6, 6.07) is 3.96. The number of hydrogen-bond acceptors (Lipinski definition) is 3. The van der Waals surface area contributed by atoms with Gasteiger partial charge in [-0.1, -0.05) is 11.6 Å². The highest BCUT2D eigenvalue weighted by molar-refractivity contribution is 6.31. The number of aryl methyl sites for hydroxylation is 1. The summed E-state index contributed by atoms with van der Waals surface area (Å²) in [6.45, 7) is 1.64. The second-order valence-corrected chi connectivity index (χ2v) is 4.28. The highest BCUT2D eigenvalue weighted by Gasteiger charge is 2.00. The number of rotatable bonds is 5. The van der Waals surface area contributed by atoms with Gasteiger partial charge in [-0.15, -0.1) is 0 Å². The van der Waals surface area contributed by atoms with E-state index in [9.17, 15) is 0 Å². The van der Waals surface area contributed by atoms with Crippen LogP contribution in [0.15, 0.2) is 30.7 Å². The maximum atomic E-state index is 6.01. The van der Waals surface area contributed by atoms with Gasteiger partial charge >= 0.3 is 0 Å². The summed E-state index contributed by atoms with van der Waals surface area (Å²) >= 11 is 6.01. The van der Waals surface area contributed by atoms with Crippen LogP contribution in [0.25, 0.3) is 0 Å². The Bertz CT molecular complexity index is 481. The summed E-state index contributed by atoms with van der Waals surface area (Å²) in [6.07, 6.45) is 6.29. The Morgan fingerprint density at radius 3 is 3.00 bits per heavy atom. The van der Waals surface area contributed by atoms with Crippen molar-refractivity contribution in [3.05, 3.63) is 47.0 Å². The van der Waals surface area contributed by atoms with Crippen LogP contribution in [0.1, 0.15) is 11.3 Å². The van der Waals surface area contributed by atoms with E-state index in [0.717, 1.165) is 30.8 Å². The summed E-state index contributed by atoms with van der Waals surface area (Å²) in [5, 5.41) is 8.36. The van der Waals surface area contributed by atoms with Gasteiger partial charge in [-0.05, 0) is 17.7 Å². The van der Waals surface area contributed by atoms with E-state index in [1.165, 1.54) is 0 Å². The quantitative estimate of drug-likeness (QED) is 0.823. The standard InChI is InChI=1S/C12H15ClN4/c1-17-7-4-11(16-17)3-6-14-8-10-2-5-15-9-12(10)13/h2,4-5,7,9,14H,3,6,8H2,1H3. The minimum atomic E-state index is 0.706. The molecule has 2 aromatic rings. The zero-order valence-electron chi connectivity index (χ0n) is 9.73. The maximum Gasteiger partial charge on any atom is 0.0637 e. The molecule has 2 rings (SSSR count). The fraction of sp³-hybridized carbons (Fsp3) is 0.333. The van der Waals surface area contributed by atoms with Gasteiger partial charge in [-0.25, -0.2) is 0 Å². The Balaban J connectivity index is 1.75. The van der Waals surface area contributed by atoms with Gasteiger partial charge in [0.25, 0.3) is 0 Å². The molecule has 90 valence electrons. The molecule has 0 bridgehead atoms. The first-order chi connectivity index (χ1) is 8.25. The molecule has 0 spiro atoms. The van der Waals surface area contributed by atoms with Crippen LogP contribution in [-0.2, 0) is 20.0 Å². The summed E-state index contributed by atoms with van der Waals surface area (Å²) < 4.78 is 1.81. The molecule has 0 aliphatic rings. The molecular weight excluding hydrogens is 236 g/mol. The van der Waals surface area contributed by atoms with E-state index in [4.69, 9.17) is 11.6 Å². The lowest BCUT2D eigenvalue weighted by atomic mass is 10.2. The first kappa shape index (κ1) is 12.1. The molecule has 0 amide bonds. The smallest absolute Gasteiger partial charge is 0.0637 e. The Labute approximate surface area is 106 Å².